The van der Waals surface area contributed by atoms with E-state index in [4.69, 9.17) is 14.2 Å². The predicted octanol–water partition coefficient (Wildman–Crippen LogP) is 18.2. The molecule has 0 aliphatic rings. The molecule has 6 heteroatoms. The first-order valence-corrected chi connectivity index (χ1v) is 27.5. The maximum absolute atomic E-state index is 12.8. The van der Waals surface area contributed by atoms with Gasteiger partial charge in [-0.05, 0) is 57.8 Å². The molecule has 65 heavy (non-hydrogen) atoms. The van der Waals surface area contributed by atoms with Crippen LogP contribution in [0.3, 0.4) is 0 Å². The Kier molecular flexibility index (Phi) is 50.9. The van der Waals surface area contributed by atoms with Crippen LogP contribution < -0.4 is 0 Å². The minimum atomic E-state index is -0.789. The molecule has 1 unspecified atom stereocenters. The molecule has 1 atom stereocenters. The average Bonchev–Trinajstić information content (AvgIpc) is 3.30. The second kappa shape index (κ2) is 53.5. The SMILES string of the molecule is CC\C=C/C=C\C=C/CCCCCCCCCC(=O)OC(COC(=O)CCCCCCC\C=C/C=C\C=C/CC)COC(=O)CCCCCCCCCCCCCCCCCCCCC. The molecular weight excluding hydrogens is 805 g/mol. The number of ether oxygens (including phenoxy) is 3. The van der Waals surface area contributed by atoms with E-state index in [0.717, 1.165) is 96.3 Å². The molecule has 0 N–H and O–H groups in total. The van der Waals surface area contributed by atoms with Crippen molar-refractivity contribution < 1.29 is 28.6 Å². The maximum atomic E-state index is 12.8. The Bertz CT molecular complexity index is 1230. The summed E-state index contributed by atoms with van der Waals surface area (Å²) in [6.07, 6.45) is 67.5. The fourth-order valence-electron chi connectivity index (χ4n) is 7.74. The molecule has 0 fully saturated rings. The largest absolute Gasteiger partial charge is 0.462 e. The van der Waals surface area contributed by atoms with Crippen LogP contribution in [0.4, 0.5) is 0 Å². The first-order valence-electron chi connectivity index (χ1n) is 27.5. The summed E-state index contributed by atoms with van der Waals surface area (Å²) in [5.74, 6) is -0.912. The fraction of sp³-hybridized carbons (Fsp3) is 0.746. The van der Waals surface area contributed by atoms with Gasteiger partial charge in [0.15, 0.2) is 6.10 Å². The van der Waals surface area contributed by atoms with Crippen LogP contribution in [0.2, 0.25) is 0 Å². The van der Waals surface area contributed by atoms with Gasteiger partial charge in [-0.15, -0.1) is 0 Å². The first-order chi connectivity index (χ1) is 32.0. The highest BCUT2D eigenvalue weighted by atomic mass is 16.6. The number of hydrogen-bond acceptors (Lipinski definition) is 6. The zero-order valence-corrected chi connectivity index (χ0v) is 42.7. The normalized spacial score (nSPS) is 12.6. The van der Waals surface area contributed by atoms with Crippen LogP contribution in [0.1, 0.15) is 265 Å². The Morgan fingerprint density at radius 1 is 0.323 bits per heavy atom. The molecule has 0 spiro atoms. The number of esters is 3. The summed E-state index contributed by atoms with van der Waals surface area (Å²) in [7, 11) is 0. The topological polar surface area (TPSA) is 78.9 Å². The lowest BCUT2D eigenvalue weighted by Crippen LogP contribution is -2.30. The molecule has 0 aromatic carbocycles. The van der Waals surface area contributed by atoms with Gasteiger partial charge in [0.1, 0.15) is 13.2 Å². The van der Waals surface area contributed by atoms with Crippen LogP contribution in [0, 0.1) is 0 Å². The molecule has 0 bridgehead atoms. The van der Waals surface area contributed by atoms with Crippen LogP contribution in [0.25, 0.3) is 0 Å². The number of hydrogen-bond donors (Lipinski definition) is 0. The molecule has 0 heterocycles. The Morgan fingerprint density at radius 3 is 0.923 bits per heavy atom. The number of carbonyl (C=O) groups is 3. The molecular formula is C59H102O6. The van der Waals surface area contributed by atoms with Crippen molar-refractivity contribution in [3.05, 3.63) is 72.9 Å². The van der Waals surface area contributed by atoms with Gasteiger partial charge in [0.2, 0.25) is 0 Å². The van der Waals surface area contributed by atoms with E-state index in [1.54, 1.807) is 0 Å². The molecule has 0 saturated carbocycles. The van der Waals surface area contributed by atoms with Crippen LogP contribution in [-0.2, 0) is 28.6 Å². The zero-order chi connectivity index (χ0) is 47.2. The predicted molar refractivity (Wildman–Crippen MR) is 279 cm³/mol. The Balaban J connectivity index is 4.36. The molecule has 0 saturated heterocycles. The smallest absolute Gasteiger partial charge is 0.306 e. The molecule has 0 aliphatic heterocycles. The zero-order valence-electron chi connectivity index (χ0n) is 42.7. The number of unbranched alkanes of at least 4 members (excludes halogenated alkanes) is 30. The van der Waals surface area contributed by atoms with Gasteiger partial charge in [0, 0.05) is 19.3 Å². The van der Waals surface area contributed by atoms with Gasteiger partial charge in [-0.1, -0.05) is 261 Å². The quantitative estimate of drug-likeness (QED) is 0.0262. The van der Waals surface area contributed by atoms with Gasteiger partial charge in [0.25, 0.3) is 0 Å². The van der Waals surface area contributed by atoms with Crippen LogP contribution >= 0.6 is 0 Å². The fourth-order valence-corrected chi connectivity index (χ4v) is 7.74. The lowest BCUT2D eigenvalue weighted by atomic mass is 10.0. The summed E-state index contributed by atoms with van der Waals surface area (Å²) >= 11 is 0. The highest BCUT2D eigenvalue weighted by Gasteiger charge is 2.19. The van der Waals surface area contributed by atoms with E-state index < -0.39 is 6.10 Å². The molecule has 0 aromatic heterocycles. The maximum Gasteiger partial charge on any atom is 0.306 e. The van der Waals surface area contributed by atoms with Crippen LogP contribution in [0.5, 0.6) is 0 Å². The number of carbonyl (C=O) groups excluding carboxylic acids is 3. The summed E-state index contributed by atoms with van der Waals surface area (Å²) in [6, 6.07) is 0. The second-order valence-corrected chi connectivity index (χ2v) is 18.2. The molecule has 374 valence electrons. The molecule has 0 radical (unpaired) electrons. The van der Waals surface area contributed by atoms with Gasteiger partial charge >= 0.3 is 17.9 Å². The van der Waals surface area contributed by atoms with E-state index in [-0.39, 0.29) is 31.1 Å². The third-order valence-corrected chi connectivity index (χ3v) is 11.8. The van der Waals surface area contributed by atoms with Crippen molar-refractivity contribution >= 4 is 17.9 Å². The highest BCUT2D eigenvalue weighted by Crippen LogP contribution is 2.16. The van der Waals surface area contributed by atoms with E-state index in [1.807, 2.05) is 0 Å². The second-order valence-electron chi connectivity index (χ2n) is 18.2. The Labute approximate surface area is 402 Å². The average molecular weight is 907 g/mol. The van der Waals surface area contributed by atoms with Gasteiger partial charge in [0.05, 0.1) is 0 Å². The summed E-state index contributed by atoms with van der Waals surface area (Å²) in [4.78, 5) is 38.1. The molecule has 0 rings (SSSR count). The Morgan fingerprint density at radius 2 is 0.600 bits per heavy atom. The highest BCUT2D eigenvalue weighted by molar-refractivity contribution is 5.71. The summed E-state index contributed by atoms with van der Waals surface area (Å²) < 4.78 is 16.8. The van der Waals surface area contributed by atoms with Crippen LogP contribution in [0.15, 0.2) is 72.9 Å². The van der Waals surface area contributed by atoms with Crippen molar-refractivity contribution in [1.82, 2.24) is 0 Å². The van der Waals surface area contributed by atoms with Gasteiger partial charge < -0.3 is 14.2 Å². The first kappa shape index (κ1) is 61.9. The minimum Gasteiger partial charge on any atom is -0.462 e. The molecule has 0 amide bonds. The van der Waals surface area contributed by atoms with Crippen molar-refractivity contribution in [1.29, 1.82) is 0 Å². The van der Waals surface area contributed by atoms with Gasteiger partial charge in [-0.2, -0.15) is 0 Å². The monoisotopic (exact) mass is 907 g/mol. The lowest BCUT2D eigenvalue weighted by molar-refractivity contribution is -0.167. The van der Waals surface area contributed by atoms with Crippen molar-refractivity contribution in [2.24, 2.45) is 0 Å². The summed E-state index contributed by atoms with van der Waals surface area (Å²) in [6.45, 7) is 6.37. The van der Waals surface area contributed by atoms with Gasteiger partial charge in [-0.3, -0.25) is 14.4 Å². The number of rotatable bonds is 49. The number of allylic oxidation sites excluding steroid dienone is 12. The minimum absolute atomic E-state index is 0.0853. The third-order valence-electron chi connectivity index (χ3n) is 11.8. The van der Waals surface area contributed by atoms with Crippen LogP contribution in [-0.4, -0.2) is 37.2 Å². The molecule has 0 aliphatic carbocycles. The van der Waals surface area contributed by atoms with E-state index in [2.05, 4.69) is 93.7 Å². The van der Waals surface area contributed by atoms with E-state index in [1.165, 1.54) is 128 Å². The van der Waals surface area contributed by atoms with Gasteiger partial charge in [-0.25, -0.2) is 0 Å². The van der Waals surface area contributed by atoms with E-state index >= 15 is 0 Å². The van der Waals surface area contributed by atoms with Crippen molar-refractivity contribution in [3.8, 4) is 0 Å². The third kappa shape index (κ3) is 51.7. The van der Waals surface area contributed by atoms with Crippen molar-refractivity contribution in [2.75, 3.05) is 13.2 Å². The van der Waals surface area contributed by atoms with E-state index in [0.29, 0.717) is 19.3 Å². The Hall–Kier alpha value is -3.15. The van der Waals surface area contributed by atoms with Crippen molar-refractivity contribution in [3.63, 3.8) is 0 Å². The summed E-state index contributed by atoms with van der Waals surface area (Å²) in [5.41, 5.74) is 0. The molecule has 6 nitrogen and oxygen atoms in total. The molecule has 0 aromatic rings. The standard InChI is InChI=1S/C59H102O6/c1-4-7-10-13-16-19-22-25-27-28-29-30-32-34-37-40-43-46-49-52-58(61)64-55-56(54-63-57(60)51-48-45-42-39-36-33-24-21-18-15-12-9-6-3)65-59(62)53-50-47-44-41-38-35-31-26-23-20-17-14-11-8-5-2/h8-9,11-12,14-15,17-18,20-21,23-24,56H,4-7,10,13,16,19,22,25-55H2,1-3H3/b11-8-,12-9-,17-14-,18-15-,23-20-,24-21-. The van der Waals surface area contributed by atoms with E-state index in [9.17, 15) is 14.4 Å². The summed E-state index contributed by atoms with van der Waals surface area (Å²) in [5, 5.41) is 0. The van der Waals surface area contributed by atoms with Crippen molar-refractivity contribution in [2.45, 2.75) is 271 Å². The lowest BCUT2D eigenvalue weighted by Gasteiger charge is -2.18.